The summed E-state index contributed by atoms with van der Waals surface area (Å²) in [6.07, 6.45) is 0.180. The van der Waals surface area contributed by atoms with Crippen LogP contribution in [0.15, 0.2) is 42.5 Å². The zero-order chi connectivity index (χ0) is 19.1. The van der Waals surface area contributed by atoms with Gasteiger partial charge in [0.05, 0.1) is 25.7 Å². The molecule has 0 fully saturated rings. The molecule has 1 amide bonds. The van der Waals surface area contributed by atoms with Gasteiger partial charge < -0.3 is 19.9 Å². The maximum atomic E-state index is 13.4. The minimum atomic E-state index is -1.05. The number of nitrogens with one attached hydrogen (secondary N) is 1. The minimum absolute atomic E-state index is 0.00827. The molecule has 138 valence electrons. The first-order valence-corrected chi connectivity index (χ1v) is 7.92. The van der Waals surface area contributed by atoms with E-state index in [0.29, 0.717) is 5.75 Å². The quantitative estimate of drug-likeness (QED) is 0.755. The molecule has 7 heteroatoms. The van der Waals surface area contributed by atoms with Gasteiger partial charge in [-0.15, -0.1) is 0 Å². The summed E-state index contributed by atoms with van der Waals surface area (Å²) >= 11 is 0. The first-order valence-electron chi connectivity index (χ1n) is 7.92. The SMILES string of the molecule is COc1ccccc1CC(CNC(=O)c1cc(F)ccc1OC)C(=O)O. The highest BCUT2D eigenvalue weighted by molar-refractivity contribution is 5.97. The second-order valence-electron chi connectivity index (χ2n) is 5.61. The van der Waals surface area contributed by atoms with Crippen molar-refractivity contribution >= 4 is 11.9 Å². The summed E-state index contributed by atoms with van der Waals surface area (Å²) < 4.78 is 23.7. The lowest BCUT2D eigenvalue weighted by atomic mass is 9.98. The van der Waals surface area contributed by atoms with E-state index in [1.54, 1.807) is 24.3 Å². The van der Waals surface area contributed by atoms with Crippen LogP contribution in [-0.4, -0.2) is 37.7 Å². The molecule has 1 unspecified atom stereocenters. The molecule has 0 aromatic heterocycles. The third-order valence-electron chi connectivity index (χ3n) is 3.92. The van der Waals surface area contributed by atoms with Gasteiger partial charge >= 0.3 is 5.97 Å². The molecule has 1 atom stereocenters. The Morgan fingerprint density at radius 3 is 2.46 bits per heavy atom. The van der Waals surface area contributed by atoms with Gasteiger partial charge in [0.1, 0.15) is 17.3 Å². The first-order chi connectivity index (χ1) is 12.5. The van der Waals surface area contributed by atoms with Crippen molar-refractivity contribution in [2.45, 2.75) is 6.42 Å². The minimum Gasteiger partial charge on any atom is -0.496 e. The molecule has 0 heterocycles. The van der Waals surface area contributed by atoms with Crippen molar-refractivity contribution in [3.05, 3.63) is 59.4 Å². The number of hydrogen-bond acceptors (Lipinski definition) is 4. The number of carboxylic acids is 1. The van der Waals surface area contributed by atoms with Gasteiger partial charge in [-0.25, -0.2) is 4.39 Å². The monoisotopic (exact) mass is 361 g/mol. The van der Waals surface area contributed by atoms with Crippen LogP contribution >= 0.6 is 0 Å². The van der Waals surface area contributed by atoms with E-state index in [4.69, 9.17) is 9.47 Å². The van der Waals surface area contributed by atoms with E-state index < -0.39 is 23.6 Å². The lowest BCUT2D eigenvalue weighted by Gasteiger charge is -2.16. The van der Waals surface area contributed by atoms with Crippen molar-refractivity contribution in [1.82, 2.24) is 5.32 Å². The van der Waals surface area contributed by atoms with Gasteiger partial charge in [0.2, 0.25) is 0 Å². The number of carboxylic acid groups (broad SMARTS) is 1. The fraction of sp³-hybridized carbons (Fsp3) is 0.263. The van der Waals surface area contributed by atoms with Crippen molar-refractivity contribution in [2.24, 2.45) is 5.92 Å². The molecular weight excluding hydrogens is 341 g/mol. The average Bonchev–Trinajstić information content (AvgIpc) is 2.64. The van der Waals surface area contributed by atoms with Crippen LogP contribution in [0.2, 0.25) is 0 Å². The number of ether oxygens (including phenoxy) is 2. The summed E-state index contributed by atoms with van der Waals surface area (Å²) in [6.45, 7) is -0.119. The molecule has 2 N–H and O–H groups in total. The summed E-state index contributed by atoms with van der Waals surface area (Å²) in [5, 5.41) is 12.0. The maximum Gasteiger partial charge on any atom is 0.308 e. The summed E-state index contributed by atoms with van der Waals surface area (Å²) in [7, 11) is 2.87. The molecule has 0 saturated heterocycles. The molecule has 2 aromatic rings. The van der Waals surface area contributed by atoms with E-state index in [9.17, 15) is 19.1 Å². The van der Waals surface area contributed by atoms with Crippen molar-refractivity contribution < 1.29 is 28.6 Å². The van der Waals surface area contributed by atoms with Gasteiger partial charge in [0.15, 0.2) is 0 Å². The molecule has 2 rings (SSSR count). The Hall–Kier alpha value is -3.09. The van der Waals surface area contributed by atoms with Gasteiger partial charge in [0.25, 0.3) is 5.91 Å². The van der Waals surface area contributed by atoms with E-state index in [1.165, 1.54) is 26.4 Å². The molecule has 0 radical (unpaired) electrons. The van der Waals surface area contributed by atoms with Gasteiger partial charge in [0, 0.05) is 6.54 Å². The zero-order valence-corrected chi connectivity index (χ0v) is 14.5. The molecule has 0 spiro atoms. The molecule has 0 aliphatic rings. The molecule has 0 bridgehead atoms. The van der Waals surface area contributed by atoms with Crippen molar-refractivity contribution in [3.8, 4) is 11.5 Å². The second-order valence-corrected chi connectivity index (χ2v) is 5.61. The fourth-order valence-electron chi connectivity index (χ4n) is 2.55. The Bertz CT molecular complexity index is 793. The third kappa shape index (κ3) is 4.72. The predicted molar refractivity (Wildman–Crippen MR) is 93.1 cm³/mol. The lowest BCUT2D eigenvalue weighted by molar-refractivity contribution is -0.141. The highest BCUT2D eigenvalue weighted by Gasteiger charge is 2.22. The van der Waals surface area contributed by atoms with E-state index in [1.807, 2.05) is 0 Å². The Balaban J connectivity index is 2.10. The molecule has 0 saturated carbocycles. The number of rotatable bonds is 8. The zero-order valence-electron chi connectivity index (χ0n) is 14.5. The maximum absolute atomic E-state index is 13.4. The number of para-hydroxylation sites is 1. The van der Waals surface area contributed by atoms with E-state index in [-0.39, 0.29) is 24.3 Å². The van der Waals surface area contributed by atoms with Gasteiger partial charge in [-0.2, -0.15) is 0 Å². The fourth-order valence-corrected chi connectivity index (χ4v) is 2.55. The smallest absolute Gasteiger partial charge is 0.308 e. The number of carbonyl (C=O) groups is 2. The summed E-state index contributed by atoms with van der Waals surface area (Å²) in [5.41, 5.74) is 0.730. The van der Waals surface area contributed by atoms with Crippen LogP contribution in [-0.2, 0) is 11.2 Å². The topological polar surface area (TPSA) is 84.9 Å². The molecule has 0 aliphatic carbocycles. The standard InChI is InChI=1S/C19H20FNO5/c1-25-16-6-4-3-5-12(16)9-13(19(23)24)11-21-18(22)15-10-14(20)7-8-17(15)26-2/h3-8,10,13H,9,11H2,1-2H3,(H,21,22)(H,23,24). The van der Waals surface area contributed by atoms with Crippen LogP contribution in [0, 0.1) is 11.7 Å². The number of hydrogen-bond donors (Lipinski definition) is 2. The Kier molecular flexibility index (Phi) is 6.54. The van der Waals surface area contributed by atoms with Crippen molar-refractivity contribution in [1.29, 1.82) is 0 Å². The summed E-state index contributed by atoms with van der Waals surface area (Å²) in [5.74, 6) is -2.32. The van der Waals surface area contributed by atoms with Crippen LogP contribution in [0.5, 0.6) is 11.5 Å². The number of halogens is 1. The lowest BCUT2D eigenvalue weighted by Crippen LogP contribution is -2.34. The van der Waals surface area contributed by atoms with Crippen molar-refractivity contribution in [3.63, 3.8) is 0 Å². The molecule has 0 aliphatic heterocycles. The van der Waals surface area contributed by atoms with E-state index in [2.05, 4.69) is 5.32 Å². The number of benzene rings is 2. The second kappa shape index (κ2) is 8.84. The highest BCUT2D eigenvalue weighted by atomic mass is 19.1. The molecule has 2 aromatic carbocycles. The number of methoxy groups -OCH3 is 2. The van der Waals surface area contributed by atoms with Crippen LogP contribution in [0.3, 0.4) is 0 Å². The number of aliphatic carboxylic acids is 1. The predicted octanol–water partition coefficient (Wildman–Crippen LogP) is 2.52. The Morgan fingerprint density at radius 2 is 1.81 bits per heavy atom. The summed E-state index contributed by atoms with van der Waals surface area (Å²) in [6, 6.07) is 10.6. The third-order valence-corrected chi connectivity index (χ3v) is 3.92. The van der Waals surface area contributed by atoms with Gasteiger partial charge in [-0.3, -0.25) is 9.59 Å². The molecular formula is C19H20FNO5. The Labute approximate surface area is 150 Å². The largest absolute Gasteiger partial charge is 0.496 e. The normalized spacial score (nSPS) is 11.5. The van der Waals surface area contributed by atoms with Gasteiger partial charge in [-0.1, -0.05) is 18.2 Å². The van der Waals surface area contributed by atoms with Gasteiger partial charge in [-0.05, 0) is 36.2 Å². The molecule has 26 heavy (non-hydrogen) atoms. The average molecular weight is 361 g/mol. The first kappa shape index (κ1) is 19.2. The number of amides is 1. The summed E-state index contributed by atoms with van der Waals surface area (Å²) in [4.78, 5) is 23.9. The van der Waals surface area contributed by atoms with E-state index >= 15 is 0 Å². The van der Waals surface area contributed by atoms with Crippen LogP contribution in [0.4, 0.5) is 4.39 Å². The highest BCUT2D eigenvalue weighted by Crippen LogP contribution is 2.22. The van der Waals surface area contributed by atoms with E-state index in [0.717, 1.165) is 11.6 Å². The van der Waals surface area contributed by atoms with Crippen LogP contribution in [0.1, 0.15) is 15.9 Å². The van der Waals surface area contributed by atoms with Crippen LogP contribution < -0.4 is 14.8 Å². The Morgan fingerprint density at radius 1 is 1.12 bits per heavy atom. The number of carbonyl (C=O) groups excluding carboxylic acids is 1. The molecule has 6 nitrogen and oxygen atoms in total. The van der Waals surface area contributed by atoms with Crippen LogP contribution in [0.25, 0.3) is 0 Å². The van der Waals surface area contributed by atoms with Crippen molar-refractivity contribution in [2.75, 3.05) is 20.8 Å².